The Morgan fingerprint density at radius 1 is 1.33 bits per heavy atom. The molecule has 2 atom stereocenters. The minimum absolute atomic E-state index is 0.0640. The Hall–Kier alpha value is -1.98. The van der Waals surface area contributed by atoms with Crippen LogP contribution in [0.15, 0.2) is 12.3 Å². The summed E-state index contributed by atoms with van der Waals surface area (Å²) in [6.45, 7) is 9.69. The Morgan fingerprint density at radius 2 is 2.00 bits per heavy atom. The van der Waals surface area contributed by atoms with E-state index in [1.807, 2.05) is 20.8 Å². The Kier molecular flexibility index (Phi) is 3.98. The van der Waals surface area contributed by atoms with Crippen LogP contribution in [0.5, 0.6) is 0 Å². The second-order valence-electron chi connectivity index (χ2n) is 6.54. The van der Waals surface area contributed by atoms with Crippen molar-refractivity contribution in [2.45, 2.75) is 53.2 Å². The number of hydrogen-bond acceptors (Lipinski definition) is 4. The van der Waals surface area contributed by atoms with Crippen LogP contribution in [0.2, 0.25) is 0 Å². The summed E-state index contributed by atoms with van der Waals surface area (Å²) in [4.78, 5) is 34.8. The van der Waals surface area contributed by atoms with Gasteiger partial charge in [-0.3, -0.25) is 9.59 Å². The number of carbonyl (C=O) groups excluding carboxylic acids is 2. The Balaban J connectivity index is 2.27. The molecule has 2 heterocycles. The number of hydrogen-bond donors (Lipinski definition) is 1. The van der Waals surface area contributed by atoms with Gasteiger partial charge >= 0.3 is 0 Å². The highest BCUT2D eigenvalue weighted by molar-refractivity contribution is 5.97. The number of nitrogens with one attached hydrogen (secondary N) is 1. The molecule has 2 rings (SSSR count). The molecule has 1 aliphatic rings. The molecule has 1 saturated heterocycles. The SMILES string of the molecule is Cc1nccc(CN2C(=O)C(C(C)(C)C)NC(=O)C2C)n1. The zero-order valence-corrected chi connectivity index (χ0v) is 13.2. The summed E-state index contributed by atoms with van der Waals surface area (Å²) in [5, 5.41) is 2.82. The van der Waals surface area contributed by atoms with E-state index < -0.39 is 12.1 Å². The Bertz CT molecular complexity index is 565. The van der Waals surface area contributed by atoms with Crippen LogP contribution in [0, 0.1) is 12.3 Å². The standard InChI is InChI=1S/C15H22N4O2/c1-9-13(20)18-12(15(3,4)5)14(21)19(9)8-11-6-7-16-10(2)17-11/h6-7,9,12H,8H2,1-5H3,(H,18,20). The zero-order valence-electron chi connectivity index (χ0n) is 13.2. The lowest BCUT2D eigenvalue weighted by Gasteiger charge is -2.42. The van der Waals surface area contributed by atoms with Crippen LogP contribution in [-0.2, 0) is 16.1 Å². The largest absolute Gasteiger partial charge is 0.342 e. The molecule has 114 valence electrons. The predicted octanol–water partition coefficient (Wildman–Crippen LogP) is 1.05. The minimum Gasteiger partial charge on any atom is -0.342 e. The van der Waals surface area contributed by atoms with E-state index in [9.17, 15) is 9.59 Å². The highest BCUT2D eigenvalue weighted by atomic mass is 16.2. The molecule has 0 aliphatic carbocycles. The maximum absolute atomic E-state index is 12.7. The third kappa shape index (κ3) is 3.20. The molecule has 0 saturated carbocycles. The van der Waals surface area contributed by atoms with E-state index in [2.05, 4.69) is 15.3 Å². The summed E-state index contributed by atoms with van der Waals surface area (Å²) in [6.07, 6.45) is 1.66. The lowest BCUT2D eigenvalue weighted by Crippen LogP contribution is -2.65. The van der Waals surface area contributed by atoms with Gasteiger partial charge in [-0.05, 0) is 25.3 Å². The third-order valence-electron chi connectivity index (χ3n) is 3.70. The van der Waals surface area contributed by atoms with Crippen LogP contribution in [0.4, 0.5) is 0 Å². The summed E-state index contributed by atoms with van der Waals surface area (Å²) in [5.74, 6) is 0.465. The van der Waals surface area contributed by atoms with Gasteiger partial charge in [0.2, 0.25) is 11.8 Å². The molecule has 0 aromatic carbocycles. The van der Waals surface area contributed by atoms with E-state index in [1.165, 1.54) is 0 Å². The zero-order chi connectivity index (χ0) is 15.8. The monoisotopic (exact) mass is 290 g/mol. The summed E-state index contributed by atoms with van der Waals surface area (Å²) >= 11 is 0. The fraction of sp³-hybridized carbons (Fsp3) is 0.600. The van der Waals surface area contributed by atoms with Crippen molar-refractivity contribution in [1.82, 2.24) is 20.2 Å². The van der Waals surface area contributed by atoms with Crippen LogP contribution in [-0.4, -0.2) is 38.8 Å². The fourth-order valence-corrected chi connectivity index (χ4v) is 2.39. The van der Waals surface area contributed by atoms with Gasteiger partial charge in [0.05, 0.1) is 12.2 Å². The molecule has 1 N–H and O–H groups in total. The summed E-state index contributed by atoms with van der Waals surface area (Å²) in [6, 6.07) is 0.765. The van der Waals surface area contributed by atoms with Crippen molar-refractivity contribution in [2.24, 2.45) is 5.41 Å². The fourth-order valence-electron chi connectivity index (χ4n) is 2.39. The summed E-state index contributed by atoms with van der Waals surface area (Å²) in [7, 11) is 0. The van der Waals surface area contributed by atoms with E-state index >= 15 is 0 Å². The highest BCUT2D eigenvalue weighted by Crippen LogP contribution is 2.25. The average Bonchev–Trinajstić information content (AvgIpc) is 2.37. The molecule has 2 amide bonds. The quantitative estimate of drug-likeness (QED) is 0.883. The van der Waals surface area contributed by atoms with Gasteiger partial charge in [0, 0.05) is 6.20 Å². The van der Waals surface area contributed by atoms with E-state index in [1.54, 1.807) is 31.0 Å². The first kappa shape index (κ1) is 15.4. The van der Waals surface area contributed by atoms with Crippen molar-refractivity contribution in [3.63, 3.8) is 0 Å². The van der Waals surface area contributed by atoms with Crippen molar-refractivity contribution in [3.05, 3.63) is 23.8 Å². The van der Waals surface area contributed by atoms with Crippen molar-refractivity contribution in [1.29, 1.82) is 0 Å². The third-order valence-corrected chi connectivity index (χ3v) is 3.70. The summed E-state index contributed by atoms with van der Waals surface area (Å²) < 4.78 is 0. The molecule has 1 aromatic heterocycles. The first-order chi connectivity index (χ1) is 9.70. The molecule has 1 aromatic rings. The average molecular weight is 290 g/mol. The molecule has 2 unspecified atom stereocenters. The van der Waals surface area contributed by atoms with Gasteiger partial charge in [-0.25, -0.2) is 9.97 Å². The Labute approximate surface area is 125 Å². The molecular formula is C15H22N4O2. The molecule has 21 heavy (non-hydrogen) atoms. The second kappa shape index (κ2) is 5.42. The van der Waals surface area contributed by atoms with Crippen molar-refractivity contribution in [2.75, 3.05) is 0 Å². The maximum Gasteiger partial charge on any atom is 0.246 e. The van der Waals surface area contributed by atoms with Crippen LogP contribution >= 0.6 is 0 Å². The van der Waals surface area contributed by atoms with Gasteiger partial charge in [-0.1, -0.05) is 20.8 Å². The highest BCUT2D eigenvalue weighted by Gasteiger charge is 2.43. The van der Waals surface area contributed by atoms with Gasteiger partial charge < -0.3 is 10.2 Å². The van der Waals surface area contributed by atoms with E-state index in [0.29, 0.717) is 12.4 Å². The molecular weight excluding hydrogens is 268 g/mol. The molecule has 0 bridgehead atoms. The van der Waals surface area contributed by atoms with Crippen LogP contribution < -0.4 is 5.32 Å². The number of aromatic nitrogens is 2. The number of aryl methyl sites for hydroxylation is 1. The van der Waals surface area contributed by atoms with Crippen LogP contribution in [0.1, 0.15) is 39.2 Å². The van der Waals surface area contributed by atoms with Gasteiger partial charge in [0.25, 0.3) is 0 Å². The van der Waals surface area contributed by atoms with Crippen LogP contribution in [0.25, 0.3) is 0 Å². The smallest absolute Gasteiger partial charge is 0.246 e. The second-order valence-corrected chi connectivity index (χ2v) is 6.54. The van der Waals surface area contributed by atoms with Crippen molar-refractivity contribution in [3.8, 4) is 0 Å². The topological polar surface area (TPSA) is 75.2 Å². The predicted molar refractivity (Wildman–Crippen MR) is 78.2 cm³/mol. The van der Waals surface area contributed by atoms with Crippen LogP contribution in [0.3, 0.4) is 0 Å². The summed E-state index contributed by atoms with van der Waals surface area (Å²) in [5.41, 5.74) is 0.414. The lowest BCUT2D eigenvalue weighted by molar-refractivity contribution is -0.152. The van der Waals surface area contributed by atoms with Crippen molar-refractivity contribution >= 4 is 11.8 Å². The molecule has 0 radical (unpaired) electrons. The first-order valence-electron chi connectivity index (χ1n) is 7.09. The molecule has 0 spiro atoms. The van der Waals surface area contributed by atoms with Gasteiger partial charge in [-0.2, -0.15) is 0 Å². The number of carbonyl (C=O) groups is 2. The number of amides is 2. The van der Waals surface area contributed by atoms with Gasteiger partial charge in [0.1, 0.15) is 17.9 Å². The van der Waals surface area contributed by atoms with E-state index in [0.717, 1.165) is 5.69 Å². The van der Waals surface area contributed by atoms with Crippen molar-refractivity contribution < 1.29 is 9.59 Å². The number of piperazine rings is 1. The number of nitrogens with zero attached hydrogens (tertiary/aromatic N) is 3. The molecule has 6 nitrogen and oxygen atoms in total. The molecule has 1 aliphatic heterocycles. The lowest BCUT2D eigenvalue weighted by atomic mass is 9.84. The molecule has 1 fully saturated rings. The minimum atomic E-state index is -0.510. The number of rotatable bonds is 2. The normalized spacial score (nSPS) is 23.2. The van der Waals surface area contributed by atoms with E-state index in [4.69, 9.17) is 0 Å². The maximum atomic E-state index is 12.7. The van der Waals surface area contributed by atoms with Gasteiger partial charge in [0.15, 0.2) is 0 Å². The Morgan fingerprint density at radius 3 is 2.57 bits per heavy atom. The first-order valence-corrected chi connectivity index (χ1v) is 7.09. The molecule has 6 heteroatoms. The van der Waals surface area contributed by atoms with E-state index in [-0.39, 0.29) is 17.2 Å². The van der Waals surface area contributed by atoms with Gasteiger partial charge in [-0.15, -0.1) is 0 Å².